The summed E-state index contributed by atoms with van der Waals surface area (Å²) in [5, 5.41) is 13.2. The van der Waals surface area contributed by atoms with Gasteiger partial charge in [0.05, 0.1) is 10.8 Å². The second-order valence-corrected chi connectivity index (χ2v) is 11.7. The number of aromatic nitrogens is 3. The summed E-state index contributed by atoms with van der Waals surface area (Å²) in [4.78, 5) is 50.5. The average Bonchev–Trinajstić information content (AvgIpc) is 2.88. The Labute approximate surface area is 220 Å². The number of rotatable bonds is 4. The van der Waals surface area contributed by atoms with Crippen molar-refractivity contribution in [3.05, 3.63) is 28.2 Å². The van der Waals surface area contributed by atoms with Crippen LogP contribution in [0.3, 0.4) is 0 Å². The van der Waals surface area contributed by atoms with Gasteiger partial charge in [-0.1, -0.05) is 0 Å². The third-order valence-corrected chi connectivity index (χ3v) is 9.32. The molecule has 196 valence electrons. The van der Waals surface area contributed by atoms with Crippen molar-refractivity contribution in [2.75, 3.05) is 31.1 Å². The molecule has 1 aliphatic heterocycles. The monoisotopic (exact) mass is 524 g/mol. The molecule has 7 rings (SSSR count). The van der Waals surface area contributed by atoms with Crippen molar-refractivity contribution in [1.82, 2.24) is 24.8 Å². The van der Waals surface area contributed by atoms with Gasteiger partial charge in [0.2, 0.25) is 17.3 Å². The quantitative estimate of drug-likeness (QED) is 0.580. The van der Waals surface area contributed by atoms with Crippen molar-refractivity contribution in [2.45, 2.75) is 52.0 Å². The molecule has 0 atom stereocenters. The number of nitrogens with zero attached hydrogens (tertiary/aromatic N) is 5. The molecule has 2 N–H and O–H groups in total. The van der Waals surface area contributed by atoms with Crippen molar-refractivity contribution in [3.63, 3.8) is 0 Å². The fourth-order valence-corrected chi connectivity index (χ4v) is 7.79. The summed E-state index contributed by atoms with van der Waals surface area (Å²) < 4.78 is 1.66. The van der Waals surface area contributed by atoms with Crippen LogP contribution in [0.1, 0.15) is 55.8 Å². The molecule has 3 heterocycles. The van der Waals surface area contributed by atoms with Gasteiger partial charge < -0.3 is 24.8 Å². The highest BCUT2D eigenvalue weighted by atomic mass is 32.1. The lowest BCUT2D eigenvalue weighted by atomic mass is 9.49. The van der Waals surface area contributed by atoms with Gasteiger partial charge in [0.15, 0.2) is 5.11 Å². The van der Waals surface area contributed by atoms with Crippen molar-refractivity contribution in [3.8, 4) is 0 Å². The molecule has 11 heteroatoms. The van der Waals surface area contributed by atoms with E-state index in [-0.39, 0.29) is 22.3 Å². The Morgan fingerprint density at radius 3 is 2.30 bits per heavy atom. The zero-order valence-electron chi connectivity index (χ0n) is 21.0. The van der Waals surface area contributed by atoms with Crippen LogP contribution in [0.15, 0.2) is 17.2 Å². The van der Waals surface area contributed by atoms with Gasteiger partial charge in [0.25, 0.3) is 0 Å². The summed E-state index contributed by atoms with van der Waals surface area (Å²) in [7, 11) is 0. The van der Waals surface area contributed by atoms with E-state index in [0.29, 0.717) is 67.2 Å². The SMILES string of the molecule is CCn1cc(C(=O)O)c(=O)c2cnc(N3CCN(C(=S)NC(=O)C45CC6CC(CC(C6)C4)C5)CC3)nc21. The molecule has 4 bridgehead atoms. The van der Waals surface area contributed by atoms with Crippen LogP contribution in [0, 0.1) is 23.2 Å². The molecule has 2 aromatic heterocycles. The molecule has 1 amide bonds. The van der Waals surface area contributed by atoms with E-state index >= 15 is 0 Å². The number of hydrogen-bond donors (Lipinski definition) is 2. The average molecular weight is 525 g/mol. The number of aromatic carboxylic acids is 1. The molecule has 4 aliphatic carbocycles. The summed E-state index contributed by atoms with van der Waals surface area (Å²) in [6, 6.07) is 0. The van der Waals surface area contributed by atoms with E-state index in [1.807, 2.05) is 16.7 Å². The maximum atomic E-state index is 13.4. The second-order valence-electron chi connectivity index (χ2n) is 11.3. The van der Waals surface area contributed by atoms with E-state index < -0.39 is 11.4 Å². The van der Waals surface area contributed by atoms with Crippen LogP contribution in [0.25, 0.3) is 11.0 Å². The van der Waals surface area contributed by atoms with E-state index in [1.54, 1.807) is 4.57 Å². The van der Waals surface area contributed by atoms with E-state index in [1.165, 1.54) is 31.7 Å². The Morgan fingerprint density at radius 1 is 1.11 bits per heavy atom. The predicted octanol–water partition coefficient (Wildman–Crippen LogP) is 2.25. The number of carboxylic acids is 1. The molecule has 0 spiro atoms. The number of nitrogens with one attached hydrogen (secondary N) is 1. The number of carboxylic acid groups (broad SMARTS) is 1. The zero-order chi connectivity index (χ0) is 25.9. The Bertz CT molecular complexity index is 1310. The minimum absolute atomic E-state index is 0.121. The van der Waals surface area contributed by atoms with Crippen LogP contribution in [0.2, 0.25) is 0 Å². The molecule has 5 aliphatic rings. The van der Waals surface area contributed by atoms with Crippen LogP contribution >= 0.6 is 12.2 Å². The van der Waals surface area contributed by atoms with Crippen LogP contribution in [-0.4, -0.2) is 67.7 Å². The number of amides is 1. The highest BCUT2D eigenvalue weighted by molar-refractivity contribution is 7.80. The Hall–Kier alpha value is -3.08. The molecule has 4 saturated carbocycles. The first-order valence-electron chi connectivity index (χ1n) is 13.2. The molecule has 0 unspecified atom stereocenters. The first-order chi connectivity index (χ1) is 17.8. The predicted molar refractivity (Wildman–Crippen MR) is 142 cm³/mol. The summed E-state index contributed by atoms with van der Waals surface area (Å²) in [6.07, 6.45) is 9.68. The highest BCUT2D eigenvalue weighted by Gasteiger charge is 2.54. The fourth-order valence-electron chi connectivity index (χ4n) is 7.52. The first kappa shape index (κ1) is 24.3. The van der Waals surface area contributed by atoms with Crippen LogP contribution in [0.5, 0.6) is 0 Å². The largest absolute Gasteiger partial charge is 0.477 e. The molecular formula is C26H32N6O4S. The fraction of sp³-hybridized carbons (Fsp3) is 0.615. The van der Waals surface area contributed by atoms with Crippen molar-refractivity contribution in [2.24, 2.45) is 23.2 Å². The lowest BCUT2D eigenvalue weighted by molar-refractivity contribution is -0.144. The summed E-state index contributed by atoms with van der Waals surface area (Å²) in [6.45, 7) is 4.82. The van der Waals surface area contributed by atoms with E-state index in [0.717, 1.165) is 19.3 Å². The Balaban J connectivity index is 1.12. The molecular weight excluding hydrogens is 492 g/mol. The molecule has 5 fully saturated rings. The number of pyridine rings is 1. The smallest absolute Gasteiger partial charge is 0.341 e. The normalized spacial score (nSPS) is 28.5. The summed E-state index contributed by atoms with van der Waals surface area (Å²) >= 11 is 5.66. The number of hydrogen-bond acceptors (Lipinski definition) is 7. The maximum Gasteiger partial charge on any atom is 0.341 e. The van der Waals surface area contributed by atoms with Gasteiger partial charge in [-0.05, 0) is 75.4 Å². The van der Waals surface area contributed by atoms with Crippen molar-refractivity contribution >= 4 is 46.2 Å². The maximum absolute atomic E-state index is 13.4. The molecule has 37 heavy (non-hydrogen) atoms. The van der Waals surface area contributed by atoms with Crippen LogP contribution in [0.4, 0.5) is 5.95 Å². The topological polar surface area (TPSA) is 121 Å². The summed E-state index contributed by atoms with van der Waals surface area (Å²) in [5.74, 6) is 1.46. The van der Waals surface area contributed by atoms with E-state index in [2.05, 4.69) is 15.3 Å². The standard InChI is InChI=1S/C26H32N6O4S/c1-2-30-14-19(22(34)35)20(33)18-13-27-24(28-21(18)30)31-3-5-32(6-4-31)25(37)29-23(36)26-10-15-7-16(11-26)9-17(8-15)12-26/h13-17H,2-12H2,1H3,(H,34,35)(H,29,36,37). The Kier molecular flexibility index (Phi) is 5.93. The lowest BCUT2D eigenvalue weighted by Gasteiger charge is -2.55. The van der Waals surface area contributed by atoms with Crippen molar-refractivity contribution < 1.29 is 14.7 Å². The number of piperazine rings is 1. The molecule has 10 nitrogen and oxygen atoms in total. The zero-order valence-corrected chi connectivity index (χ0v) is 21.8. The van der Waals surface area contributed by atoms with Gasteiger partial charge in [-0.15, -0.1) is 0 Å². The molecule has 1 saturated heterocycles. The summed E-state index contributed by atoms with van der Waals surface area (Å²) in [5.41, 5.74) is -0.676. The van der Waals surface area contributed by atoms with Gasteiger partial charge in [0.1, 0.15) is 11.2 Å². The lowest BCUT2D eigenvalue weighted by Crippen LogP contribution is -2.58. The Morgan fingerprint density at radius 2 is 1.73 bits per heavy atom. The van der Waals surface area contributed by atoms with Gasteiger partial charge >= 0.3 is 5.97 Å². The van der Waals surface area contributed by atoms with Gasteiger partial charge in [-0.25, -0.2) is 9.78 Å². The third kappa shape index (κ3) is 4.17. The van der Waals surface area contributed by atoms with E-state index in [4.69, 9.17) is 12.2 Å². The van der Waals surface area contributed by atoms with Crippen LogP contribution in [-0.2, 0) is 11.3 Å². The first-order valence-corrected chi connectivity index (χ1v) is 13.7. The number of carbonyl (C=O) groups is 2. The minimum atomic E-state index is -1.26. The van der Waals surface area contributed by atoms with Gasteiger partial charge in [0, 0.05) is 45.1 Å². The van der Waals surface area contributed by atoms with Crippen molar-refractivity contribution in [1.29, 1.82) is 0 Å². The third-order valence-electron chi connectivity index (χ3n) is 8.96. The molecule has 2 aromatic rings. The van der Waals surface area contributed by atoms with Crippen LogP contribution < -0.4 is 15.6 Å². The number of anilines is 1. The molecule has 0 aromatic carbocycles. The number of thiocarbonyl (C=S) groups is 1. The number of fused-ring (bicyclic) bond motifs is 1. The minimum Gasteiger partial charge on any atom is -0.477 e. The number of carbonyl (C=O) groups excluding carboxylic acids is 1. The highest BCUT2D eigenvalue weighted by Crippen LogP contribution is 2.60. The van der Waals surface area contributed by atoms with E-state index in [9.17, 15) is 19.5 Å². The molecule has 0 radical (unpaired) electrons. The van der Waals surface area contributed by atoms with Gasteiger partial charge in [-0.3, -0.25) is 9.59 Å². The number of aryl methyl sites for hydroxylation is 1. The second kappa shape index (κ2) is 9.04. The van der Waals surface area contributed by atoms with Gasteiger partial charge in [-0.2, -0.15) is 4.98 Å².